The van der Waals surface area contributed by atoms with Crippen LogP contribution in [0, 0.1) is 6.92 Å². The molecule has 5 aromatic rings. The van der Waals surface area contributed by atoms with Gasteiger partial charge < -0.3 is 9.15 Å². The zero-order chi connectivity index (χ0) is 27.0. The van der Waals surface area contributed by atoms with E-state index in [2.05, 4.69) is 48.5 Å². The fourth-order valence-corrected chi connectivity index (χ4v) is 4.92. The van der Waals surface area contributed by atoms with Crippen molar-refractivity contribution in [2.24, 2.45) is 0 Å². The van der Waals surface area contributed by atoms with Crippen LogP contribution in [0.1, 0.15) is 40.5 Å². The minimum absolute atomic E-state index is 0.218. The van der Waals surface area contributed by atoms with E-state index in [1.165, 1.54) is 12.7 Å². The zero-order valence-electron chi connectivity index (χ0n) is 22.5. The van der Waals surface area contributed by atoms with Crippen LogP contribution in [0.15, 0.2) is 114 Å². The summed E-state index contributed by atoms with van der Waals surface area (Å²) in [5.41, 5.74) is 7.65. The van der Waals surface area contributed by atoms with Gasteiger partial charge in [-0.15, -0.1) is 0 Å². The van der Waals surface area contributed by atoms with Crippen LogP contribution in [0.5, 0.6) is 0 Å². The first kappa shape index (κ1) is 26.2. The highest BCUT2D eigenvalue weighted by Gasteiger charge is 2.22. The van der Waals surface area contributed by atoms with Gasteiger partial charge in [0.1, 0.15) is 5.76 Å². The maximum Gasteiger partial charge on any atom is 0.313 e. The Balaban J connectivity index is 1.20. The minimum atomic E-state index is -0.348. The van der Waals surface area contributed by atoms with Crippen molar-refractivity contribution in [1.29, 1.82) is 0 Å². The van der Waals surface area contributed by atoms with Gasteiger partial charge in [0.15, 0.2) is 0 Å². The molecule has 1 heterocycles. The number of hydrogen-bond acceptors (Lipinski definition) is 4. The number of benzene rings is 4. The van der Waals surface area contributed by atoms with Gasteiger partial charge in [-0.05, 0) is 72.6 Å². The van der Waals surface area contributed by atoms with Crippen LogP contribution in [0.4, 0.5) is 0 Å². The van der Waals surface area contributed by atoms with Crippen molar-refractivity contribution in [3.8, 4) is 22.6 Å². The van der Waals surface area contributed by atoms with Gasteiger partial charge in [-0.2, -0.15) is 0 Å². The molecule has 1 unspecified atom stereocenters. The number of oxazole rings is 1. The summed E-state index contributed by atoms with van der Waals surface area (Å²) in [6.07, 6.45) is 3.40. The number of aryl methyl sites for hydroxylation is 3. The van der Waals surface area contributed by atoms with Crippen LogP contribution in [-0.2, 0) is 28.8 Å². The van der Waals surface area contributed by atoms with Crippen LogP contribution in [0.25, 0.3) is 22.6 Å². The highest BCUT2D eigenvalue weighted by molar-refractivity contribution is 5.79. The summed E-state index contributed by atoms with van der Waals surface area (Å²) in [5, 5.41) is 0. The molecule has 0 N–H and O–H groups in total. The molecule has 0 aliphatic carbocycles. The van der Waals surface area contributed by atoms with E-state index in [1.807, 2.05) is 67.6 Å². The Hall–Kier alpha value is -4.44. The molecule has 0 radical (unpaired) electrons. The number of methoxy groups -OCH3 is 1. The first-order valence-corrected chi connectivity index (χ1v) is 13.4. The fraction of sp³-hybridized carbons (Fsp3) is 0.200. The molecule has 0 aliphatic heterocycles. The van der Waals surface area contributed by atoms with E-state index in [-0.39, 0.29) is 11.9 Å². The van der Waals surface area contributed by atoms with Gasteiger partial charge in [-0.1, -0.05) is 97.1 Å². The molecule has 4 nitrogen and oxygen atoms in total. The van der Waals surface area contributed by atoms with Crippen LogP contribution < -0.4 is 0 Å². The summed E-state index contributed by atoms with van der Waals surface area (Å²) in [5.74, 6) is 1.00. The van der Waals surface area contributed by atoms with Gasteiger partial charge in [-0.3, -0.25) is 4.79 Å². The number of esters is 1. The second kappa shape index (κ2) is 12.4. The quantitative estimate of drug-likeness (QED) is 0.177. The van der Waals surface area contributed by atoms with Crippen molar-refractivity contribution < 1.29 is 13.9 Å². The van der Waals surface area contributed by atoms with E-state index < -0.39 is 0 Å². The van der Waals surface area contributed by atoms with Crippen molar-refractivity contribution >= 4 is 5.97 Å². The molecule has 0 aliphatic rings. The standard InChI is InChI=1S/C35H33NO3/c1-25-33(36-34(39-25)31-13-7-4-8-14-31)15-9-10-26-16-18-27(19-17-26)24-32(35(37)38-2)30-22-20-29(21-23-30)28-11-5-3-6-12-28/h3-8,11-14,16-23,32H,9-10,15,24H2,1-2H3. The predicted octanol–water partition coefficient (Wildman–Crippen LogP) is 7.99. The van der Waals surface area contributed by atoms with Crippen molar-refractivity contribution in [2.75, 3.05) is 7.11 Å². The molecule has 0 fully saturated rings. The lowest BCUT2D eigenvalue weighted by molar-refractivity contribution is -0.142. The third kappa shape index (κ3) is 6.53. The second-order valence-corrected chi connectivity index (χ2v) is 9.83. The number of carbonyl (C=O) groups excluding carboxylic acids is 1. The van der Waals surface area contributed by atoms with Crippen LogP contribution in [0.3, 0.4) is 0 Å². The SMILES string of the molecule is COC(=O)C(Cc1ccc(CCCc2nc(-c3ccccc3)oc2C)cc1)c1ccc(-c2ccccc2)cc1. The number of nitrogens with zero attached hydrogens (tertiary/aromatic N) is 1. The summed E-state index contributed by atoms with van der Waals surface area (Å²) in [7, 11) is 1.45. The van der Waals surface area contributed by atoms with Gasteiger partial charge in [0.2, 0.25) is 5.89 Å². The van der Waals surface area contributed by atoms with Crippen LogP contribution >= 0.6 is 0 Å². The first-order chi connectivity index (χ1) is 19.1. The van der Waals surface area contributed by atoms with E-state index in [0.717, 1.165) is 58.5 Å². The Morgan fingerprint density at radius 2 is 1.33 bits per heavy atom. The molecule has 4 aromatic carbocycles. The Labute approximate surface area is 230 Å². The molecule has 5 rings (SSSR count). The minimum Gasteiger partial charge on any atom is -0.469 e. The molecule has 4 heteroatoms. The lowest BCUT2D eigenvalue weighted by Crippen LogP contribution is -2.17. The summed E-state index contributed by atoms with van der Waals surface area (Å²) in [6, 6.07) is 37.0. The first-order valence-electron chi connectivity index (χ1n) is 13.4. The molecule has 1 atom stereocenters. The average molecular weight is 516 g/mol. The van der Waals surface area contributed by atoms with E-state index >= 15 is 0 Å². The Bertz CT molecular complexity index is 1490. The summed E-state index contributed by atoms with van der Waals surface area (Å²) in [6.45, 7) is 1.98. The third-order valence-corrected chi connectivity index (χ3v) is 7.16. The summed E-state index contributed by atoms with van der Waals surface area (Å²) in [4.78, 5) is 17.4. The maximum absolute atomic E-state index is 12.7. The molecule has 196 valence electrons. The molecule has 1 aromatic heterocycles. The van der Waals surface area contributed by atoms with Gasteiger partial charge in [0.25, 0.3) is 0 Å². The van der Waals surface area contributed by atoms with E-state index in [9.17, 15) is 4.79 Å². The summed E-state index contributed by atoms with van der Waals surface area (Å²) < 4.78 is 11.1. The smallest absolute Gasteiger partial charge is 0.313 e. The lowest BCUT2D eigenvalue weighted by Gasteiger charge is -2.16. The van der Waals surface area contributed by atoms with Crippen molar-refractivity contribution in [1.82, 2.24) is 4.98 Å². The molecular formula is C35H33NO3. The van der Waals surface area contributed by atoms with Crippen LogP contribution in [0.2, 0.25) is 0 Å². The van der Waals surface area contributed by atoms with Crippen molar-refractivity contribution in [3.63, 3.8) is 0 Å². The van der Waals surface area contributed by atoms with Gasteiger partial charge >= 0.3 is 5.97 Å². The molecule has 39 heavy (non-hydrogen) atoms. The second-order valence-electron chi connectivity index (χ2n) is 9.83. The van der Waals surface area contributed by atoms with E-state index in [4.69, 9.17) is 14.1 Å². The maximum atomic E-state index is 12.7. The Morgan fingerprint density at radius 1 is 0.744 bits per heavy atom. The van der Waals surface area contributed by atoms with Gasteiger partial charge in [0.05, 0.1) is 18.7 Å². The van der Waals surface area contributed by atoms with Crippen molar-refractivity contribution in [3.05, 3.63) is 137 Å². The number of aromatic nitrogens is 1. The van der Waals surface area contributed by atoms with Crippen molar-refractivity contribution in [2.45, 2.75) is 38.5 Å². The average Bonchev–Trinajstić information content (AvgIpc) is 3.37. The number of carbonyl (C=O) groups is 1. The topological polar surface area (TPSA) is 52.3 Å². The molecule has 0 saturated heterocycles. The highest BCUT2D eigenvalue weighted by atomic mass is 16.5. The van der Waals surface area contributed by atoms with Gasteiger partial charge in [-0.25, -0.2) is 4.98 Å². The largest absolute Gasteiger partial charge is 0.469 e. The summed E-state index contributed by atoms with van der Waals surface area (Å²) >= 11 is 0. The number of hydrogen-bond donors (Lipinski definition) is 0. The molecule has 0 bridgehead atoms. The number of ether oxygens (including phenoxy) is 1. The van der Waals surface area contributed by atoms with E-state index in [1.54, 1.807) is 0 Å². The van der Waals surface area contributed by atoms with Gasteiger partial charge in [0, 0.05) is 5.56 Å². The monoisotopic (exact) mass is 515 g/mol. The lowest BCUT2D eigenvalue weighted by atomic mass is 9.90. The Morgan fingerprint density at radius 3 is 1.97 bits per heavy atom. The van der Waals surface area contributed by atoms with E-state index in [0.29, 0.717) is 12.3 Å². The highest BCUT2D eigenvalue weighted by Crippen LogP contribution is 2.27. The number of rotatable bonds is 10. The normalized spacial score (nSPS) is 11.7. The molecule has 0 spiro atoms. The predicted molar refractivity (Wildman–Crippen MR) is 155 cm³/mol. The fourth-order valence-electron chi connectivity index (χ4n) is 4.92. The zero-order valence-corrected chi connectivity index (χ0v) is 22.5. The molecular weight excluding hydrogens is 482 g/mol. The molecule has 0 saturated carbocycles. The molecule has 0 amide bonds. The van der Waals surface area contributed by atoms with Crippen LogP contribution in [-0.4, -0.2) is 18.1 Å². The Kier molecular flexibility index (Phi) is 8.33. The third-order valence-electron chi connectivity index (χ3n) is 7.16.